The zero-order chi connectivity index (χ0) is 22.5. The first-order valence-corrected chi connectivity index (χ1v) is 11.7. The Balaban J connectivity index is 1.13. The molecule has 1 atom stereocenters. The maximum absolute atomic E-state index is 12.6. The molecule has 33 heavy (non-hydrogen) atoms. The van der Waals surface area contributed by atoms with Crippen LogP contribution in [0.3, 0.4) is 0 Å². The fourth-order valence-corrected chi connectivity index (χ4v) is 4.42. The highest BCUT2D eigenvalue weighted by atomic mass is 16.5. The number of unbranched alkanes of at least 4 members (excludes halogenated alkanes) is 3. The van der Waals surface area contributed by atoms with Crippen molar-refractivity contribution in [3.05, 3.63) is 78.4 Å². The Kier molecular flexibility index (Phi) is 6.37. The standard InChI is InChI=1S/C26H29N5O2/c32-25-24(16-20-8-4-3-5-9-20)31-18-21-17-22(10-11-23(21)28-26(31)29-25)33-15-7-2-1-6-13-30-14-12-27-19-30/h3-5,8-12,14,17,19,24H,1-2,6-7,13,15-16,18H2,(H,28,29,32). The van der Waals surface area contributed by atoms with Gasteiger partial charge in [0.25, 0.3) is 0 Å². The third-order valence-corrected chi connectivity index (χ3v) is 6.21. The van der Waals surface area contributed by atoms with Gasteiger partial charge in [-0.15, -0.1) is 0 Å². The number of nitrogens with zero attached hydrogens (tertiary/aromatic N) is 4. The smallest absolute Gasteiger partial charge is 0.249 e. The van der Waals surface area contributed by atoms with Crippen molar-refractivity contribution < 1.29 is 9.53 Å². The lowest BCUT2D eigenvalue weighted by molar-refractivity contribution is -0.121. The molecule has 3 aromatic rings. The fraction of sp³-hybridized carbons (Fsp3) is 0.346. The number of ether oxygens (including phenoxy) is 1. The lowest BCUT2D eigenvalue weighted by atomic mass is 10.0. The van der Waals surface area contributed by atoms with Crippen LogP contribution in [0.25, 0.3) is 0 Å². The van der Waals surface area contributed by atoms with Gasteiger partial charge in [0.15, 0.2) is 0 Å². The van der Waals surface area contributed by atoms with Crippen molar-refractivity contribution in [2.75, 3.05) is 6.61 Å². The zero-order valence-corrected chi connectivity index (χ0v) is 18.7. The van der Waals surface area contributed by atoms with Gasteiger partial charge in [-0.25, -0.2) is 9.98 Å². The molecule has 1 unspecified atom stereocenters. The van der Waals surface area contributed by atoms with Gasteiger partial charge in [-0.1, -0.05) is 43.2 Å². The zero-order valence-electron chi connectivity index (χ0n) is 18.7. The number of carbonyl (C=O) groups is 1. The Labute approximate surface area is 194 Å². The van der Waals surface area contributed by atoms with Crippen LogP contribution in [0.5, 0.6) is 5.75 Å². The average molecular weight is 444 g/mol. The summed E-state index contributed by atoms with van der Waals surface area (Å²) in [7, 11) is 0. The van der Waals surface area contributed by atoms with Gasteiger partial charge in [0, 0.05) is 37.5 Å². The molecule has 0 spiro atoms. The molecule has 1 amide bonds. The number of hydrogen-bond donors (Lipinski definition) is 1. The van der Waals surface area contributed by atoms with E-state index in [1.807, 2.05) is 49.1 Å². The second-order valence-corrected chi connectivity index (χ2v) is 8.61. The van der Waals surface area contributed by atoms with Gasteiger partial charge in [-0.3, -0.25) is 10.1 Å². The molecule has 3 heterocycles. The monoisotopic (exact) mass is 443 g/mol. The molecule has 1 fully saturated rings. The van der Waals surface area contributed by atoms with Crippen molar-refractivity contribution in [2.24, 2.45) is 4.99 Å². The summed E-state index contributed by atoms with van der Waals surface area (Å²) in [6.07, 6.45) is 10.9. The number of imidazole rings is 1. The van der Waals surface area contributed by atoms with Crippen molar-refractivity contribution in [2.45, 2.75) is 51.2 Å². The average Bonchev–Trinajstić information content (AvgIpc) is 3.45. The highest BCUT2D eigenvalue weighted by Gasteiger charge is 2.39. The van der Waals surface area contributed by atoms with Gasteiger partial charge in [0.1, 0.15) is 11.8 Å². The van der Waals surface area contributed by atoms with Crippen molar-refractivity contribution in [1.82, 2.24) is 19.8 Å². The van der Waals surface area contributed by atoms with Crippen LogP contribution in [-0.4, -0.2) is 39.0 Å². The van der Waals surface area contributed by atoms with Gasteiger partial charge in [0.05, 0.1) is 18.6 Å². The molecule has 0 aliphatic carbocycles. The molecule has 7 heteroatoms. The summed E-state index contributed by atoms with van der Waals surface area (Å²) in [6, 6.07) is 15.9. The molecule has 1 saturated heterocycles. The van der Waals surface area contributed by atoms with E-state index in [1.165, 1.54) is 6.42 Å². The largest absolute Gasteiger partial charge is 0.494 e. The van der Waals surface area contributed by atoms with Crippen molar-refractivity contribution >= 4 is 17.6 Å². The Morgan fingerprint density at radius 2 is 1.94 bits per heavy atom. The number of aromatic nitrogens is 2. The molecule has 0 radical (unpaired) electrons. The summed E-state index contributed by atoms with van der Waals surface area (Å²) >= 11 is 0. The molecule has 2 aliphatic heterocycles. The first-order chi connectivity index (χ1) is 16.3. The van der Waals surface area contributed by atoms with Gasteiger partial charge in [-0.2, -0.15) is 0 Å². The van der Waals surface area contributed by atoms with Gasteiger partial charge in [-0.05, 0) is 36.6 Å². The van der Waals surface area contributed by atoms with E-state index in [-0.39, 0.29) is 11.9 Å². The second kappa shape index (κ2) is 9.90. The molecule has 0 bridgehead atoms. The summed E-state index contributed by atoms with van der Waals surface area (Å²) in [4.78, 5) is 23.4. The molecule has 7 nitrogen and oxygen atoms in total. The van der Waals surface area contributed by atoms with Crippen molar-refractivity contribution in [3.8, 4) is 5.75 Å². The predicted octanol–water partition coefficient (Wildman–Crippen LogP) is 4.07. The van der Waals surface area contributed by atoms with E-state index in [0.29, 0.717) is 25.5 Å². The number of guanidine groups is 1. The lowest BCUT2D eigenvalue weighted by Crippen LogP contribution is -2.38. The lowest BCUT2D eigenvalue weighted by Gasteiger charge is -2.28. The molecule has 2 aromatic carbocycles. The van der Waals surface area contributed by atoms with Crippen LogP contribution in [0.2, 0.25) is 0 Å². The molecule has 5 rings (SSSR count). The maximum Gasteiger partial charge on any atom is 0.249 e. The van der Waals surface area contributed by atoms with Crippen LogP contribution in [0.4, 0.5) is 5.69 Å². The minimum absolute atomic E-state index is 0.00919. The van der Waals surface area contributed by atoms with Crippen LogP contribution < -0.4 is 10.1 Å². The first kappa shape index (κ1) is 21.2. The normalized spacial score (nSPS) is 16.7. The number of aliphatic imine (C=N–C) groups is 1. The molecule has 170 valence electrons. The predicted molar refractivity (Wildman–Crippen MR) is 127 cm³/mol. The molecular formula is C26H29N5O2. The molecular weight excluding hydrogens is 414 g/mol. The first-order valence-electron chi connectivity index (χ1n) is 11.7. The quantitative estimate of drug-likeness (QED) is 0.480. The summed E-state index contributed by atoms with van der Waals surface area (Å²) in [5.41, 5.74) is 3.13. The summed E-state index contributed by atoms with van der Waals surface area (Å²) < 4.78 is 8.13. The Bertz CT molecular complexity index is 1110. The van der Waals surface area contributed by atoms with Crippen molar-refractivity contribution in [1.29, 1.82) is 0 Å². The van der Waals surface area contributed by atoms with Gasteiger partial charge in [0.2, 0.25) is 11.9 Å². The Morgan fingerprint density at radius 3 is 2.79 bits per heavy atom. The minimum Gasteiger partial charge on any atom is -0.494 e. The van der Waals surface area contributed by atoms with Crippen molar-refractivity contribution in [3.63, 3.8) is 0 Å². The highest BCUT2D eigenvalue weighted by molar-refractivity contribution is 6.07. The SMILES string of the molecule is O=C1NC2=Nc3ccc(OCCCCCCn4ccnc4)cc3CN2C1Cc1ccccc1. The number of hydrogen-bond acceptors (Lipinski definition) is 5. The number of aryl methyl sites for hydroxylation is 1. The number of rotatable bonds is 10. The van der Waals surface area contributed by atoms with E-state index >= 15 is 0 Å². The molecule has 0 saturated carbocycles. The van der Waals surface area contributed by atoms with Crippen LogP contribution in [0, 0.1) is 0 Å². The van der Waals surface area contributed by atoms with E-state index in [9.17, 15) is 4.79 Å². The van der Waals surface area contributed by atoms with Crippen LogP contribution in [-0.2, 0) is 24.3 Å². The van der Waals surface area contributed by atoms with E-state index < -0.39 is 0 Å². The van der Waals surface area contributed by atoms with E-state index in [2.05, 4.69) is 38.0 Å². The summed E-state index contributed by atoms with van der Waals surface area (Å²) in [6.45, 7) is 2.38. The highest BCUT2D eigenvalue weighted by Crippen LogP contribution is 2.32. The minimum atomic E-state index is -0.244. The van der Waals surface area contributed by atoms with Gasteiger partial charge < -0.3 is 14.2 Å². The number of benzene rings is 2. The summed E-state index contributed by atoms with van der Waals surface area (Å²) in [5.74, 6) is 1.52. The fourth-order valence-electron chi connectivity index (χ4n) is 4.42. The Hall–Kier alpha value is -3.61. The number of amides is 1. The van der Waals surface area contributed by atoms with Gasteiger partial charge >= 0.3 is 0 Å². The van der Waals surface area contributed by atoms with Crippen LogP contribution in [0.15, 0.2) is 72.2 Å². The maximum atomic E-state index is 12.6. The number of fused-ring (bicyclic) bond motifs is 2. The molecule has 1 N–H and O–H groups in total. The number of carbonyl (C=O) groups excluding carboxylic acids is 1. The van der Waals surface area contributed by atoms with Crippen LogP contribution in [0.1, 0.15) is 36.8 Å². The summed E-state index contributed by atoms with van der Waals surface area (Å²) in [5, 5.41) is 2.95. The number of nitrogens with one attached hydrogen (secondary N) is 1. The van der Waals surface area contributed by atoms with Crippen LogP contribution >= 0.6 is 0 Å². The van der Waals surface area contributed by atoms with E-state index in [0.717, 1.165) is 48.4 Å². The molecule has 2 aliphatic rings. The third kappa shape index (κ3) is 5.08. The van der Waals surface area contributed by atoms with E-state index in [1.54, 1.807) is 0 Å². The third-order valence-electron chi connectivity index (χ3n) is 6.21. The molecule has 1 aromatic heterocycles. The Morgan fingerprint density at radius 1 is 1.06 bits per heavy atom. The van der Waals surface area contributed by atoms with E-state index in [4.69, 9.17) is 9.73 Å². The topological polar surface area (TPSA) is 71.7 Å². The second-order valence-electron chi connectivity index (χ2n) is 8.61.